The van der Waals surface area contributed by atoms with Gasteiger partial charge in [-0.15, -0.1) is 0 Å². The number of pyridine rings is 1. The monoisotopic (exact) mass is 530 g/mol. The van der Waals surface area contributed by atoms with Gasteiger partial charge >= 0.3 is 0 Å². The van der Waals surface area contributed by atoms with Crippen LogP contribution in [0.4, 0.5) is 5.69 Å². The molecule has 3 rings (SSSR count). The van der Waals surface area contributed by atoms with Gasteiger partial charge < -0.3 is 19.1 Å². The third kappa shape index (κ3) is 7.07. The van der Waals surface area contributed by atoms with E-state index in [4.69, 9.17) is 9.47 Å². The molecular formula is C25H34N4O5SSi. The summed E-state index contributed by atoms with van der Waals surface area (Å²) in [5, 5.41) is 19.7. The predicted octanol–water partition coefficient (Wildman–Crippen LogP) is 4.36. The highest BCUT2D eigenvalue weighted by atomic mass is 32.2. The maximum absolute atomic E-state index is 13.1. The van der Waals surface area contributed by atoms with Gasteiger partial charge in [0.25, 0.3) is 10.0 Å². The third-order valence-corrected chi connectivity index (χ3v) is 8.74. The number of aryl methyl sites for hydroxylation is 1. The summed E-state index contributed by atoms with van der Waals surface area (Å²) in [5.74, 6) is 0.00941. The SMILES string of the molecule is Cc1ccc(S(=O)(=O)Nc2cc3ccn(COCC[Si](C)(C)C)c3nc2OCC(C)(C#N)CO)cc1. The van der Waals surface area contributed by atoms with E-state index in [1.807, 2.05) is 29.8 Å². The van der Waals surface area contributed by atoms with Crippen LogP contribution in [-0.4, -0.2) is 51.0 Å². The van der Waals surface area contributed by atoms with E-state index in [1.54, 1.807) is 25.1 Å². The third-order valence-electron chi connectivity index (χ3n) is 5.65. The van der Waals surface area contributed by atoms with Crippen LogP contribution in [0.2, 0.25) is 25.7 Å². The van der Waals surface area contributed by atoms with Gasteiger partial charge in [0.2, 0.25) is 5.88 Å². The fourth-order valence-corrected chi connectivity index (χ4v) is 4.99. The number of fused-ring (bicyclic) bond motifs is 1. The maximum atomic E-state index is 13.1. The summed E-state index contributed by atoms with van der Waals surface area (Å²) in [4.78, 5) is 4.68. The van der Waals surface area contributed by atoms with Crippen LogP contribution in [-0.2, 0) is 21.5 Å². The number of nitrogens with zero attached hydrogens (tertiary/aromatic N) is 3. The Hall–Kier alpha value is -2.91. The Balaban J connectivity index is 1.94. The summed E-state index contributed by atoms with van der Waals surface area (Å²) in [5.41, 5.74) is 0.456. The summed E-state index contributed by atoms with van der Waals surface area (Å²) in [6, 6.07) is 13.0. The molecule has 11 heteroatoms. The van der Waals surface area contributed by atoms with Crippen LogP contribution in [0.3, 0.4) is 0 Å². The van der Waals surface area contributed by atoms with Crippen molar-refractivity contribution >= 4 is 34.8 Å². The second kappa shape index (κ2) is 11.0. The molecule has 0 bridgehead atoms. The number of benzene rings is 1. The number of hydrogen-bond acceptors (Lipinski definition) is 7. The summed E-state index contributed by atoms with van der Waals surface area (Å²) in [7, 11) is -5.14. The molecule has 0 radical (unpaired) electrons. The maximum Gasteiger partial charge on any atom is 0.262 e. The predicted molar refractivity (Wildman–Crippen MR) is 142 cm³/mol. The number of ether oxygens (including phenoxy) is 2. The second-order valence-corrected chi connectivity index (χ2v) is 17.7. The Morgan fingerprint density at radius 3 is 2.53 bits per heavy atom. The minimum Gasteiger partial charge on any atom is -0.474 e. The standard InChI is InChI=1S/C25H34N4O5SSi/c1-19-6-8-21(9-7-19)35(31,32)28-22-14-20-10-11-29(18-33-12-13-36(3,4)5)23(20)27-24(22)34-17-25(2,15-26)16-30/h6-11,14,28,30H,12-13,16-18H2,1-5H3. The summed E-state index contributed by atoms with van der Waals surface area (Å²) in [6.07, 6.45) is 1.82. The van der Waals surface area contributed by atoms with E-state index in [9.17, 15) is 18.8 Å². The Kier molecular flexibility index (Phi) is 8.46. The van der Waals surface area contributed by atoms with E-state index in [2.05, 4.69) is 29.3 Å². The van der Waals surface area contributed by atoms with Crippen molar-refractivity contribution in [3.8, 4) is 11.9 Å². The average Bonchev–Trinajstić information content (AvgIpc) is 3.21. The first kappa shape index (κ1) is 27.7. The van der Waals surface area contributed by atoms with Crippen LogP contribution < -0.4 is 9.46 Å². The van der Waals surface area contributed by atoms with Gasteiger partial charge in [0.05, 0.1) is 17.6 Å². The van der Waals surface area contributed by atoms with Gasteiger partial charge in [-0.05, 0) is 44.2 Å². The number of aliphatic hydroxyl groups is 1. The molecule has 9 nitrogen and oxygen atoms in total. The van der Waals surface area contributed by atoms with Crippen molar-refractivity contribution in [3.63, 3.8) is 0 Å². The van der Waals surface area contributed by atoms with Crippen molar-refractivity contribution in [2.75, 3.05) is 24.5 Å². The van der Waals surface area contributed by atoms with Crippen molar-refractivity contribution < 1.29 is 23.0 Å². The van der Waals surface area contributed by atoms with Gasteiger partial charge in [0, 0.05) is 26.3 Å². The first-order chi connectivity index (χ1) is 16.9. The number of nitriles is 1. The van der Waals surface area contributed by atoms with Gasteiger partial charge in [-0.3, -0.25) is 4.72 Å². The smallest absolute Gasteiger partial charge is 0.262 e. The lowest BCUT2D eigenvalue weighted by Gasteiger charge is -2.20. The highest BCUT2D eigenvalue weighted by Crippen LogP contribution is 2.31. The number of hydrogen-bond donors (Lipinski definition) is 2. The highest BCUT2D eigenvalue weighted by molar-refractivity contribution is 7.92. The quantitative estimate of drug-likeness (QED) is 0.263. The Morgan fingerprint density at radius 1 is 1.22 bits per heavy atom. The van der Waals surface area contributed by atoms with Crippen LogP contribution in [0.25, 0.3) is 11.0 Å². The normalized spacial score (nSPS) is 13.8. The van der Waals surface area contributed by atoms with Gasteiger partial charge in [-0.1, -0.05) is 37.3 Å². The molecule has 0 aliphatic heterocycles. The molecule has 1 unspecified atom stereocenters. The topological polar surface area (TPSA) is 126 Å². The first-order valence-electron chi connectivity index (χ1n) is 11.7. The van der Waals surface area contributed by atoms with Gasteiger partial charge in [-0.2, -0.15) is 10.2 Å². The number of rotatable bonds is 12. The van der Waals surface area contributed by atoms with Crippen LogP contribution in [0.1, 0.15) is 12.5 Å². The fourth-order valence-electron chi connectivity index (χ4n) is 3.19. The minimum absolute atomic E-state index is 0.00941. The molecule has 0 saturated heterocycles. The molecule has 2 aromatic heterocycles. The van der Waals surface area contributed by atoms with Gasteiger partial charge in [0.1, 0.15) is 30.1 Å². The van der Waals surface area contributed by atoms with Crippen molar-refractivity contribution in [1.82, 2.24) is 9.55 Å². The molecule has 36 heavy (non-hydrogen) atoms. The van der Waals surface area contributed by atoms with Crippen LogP contribution in [0.5, 0.6) is 5.88 Å². The van der Waals surface area contributed by atoms with Crippen molar-refractivity contribution in [2.45, 2.75) is 51.2 Å². The number of sulfonamides is 1. The van der Waals surface area contributed by atoms with Gasteiger partial charge in [-0.25, -0.2) is 8.42 Å². The molecule has 0 aliphatic rings. The van der Waals surface area contributed by atoms with E-state index in [1.165, 1.54) is 12.1 Å². The molecule has 2 heterocycles. The Bertz CT molecular complexity index is 1340. The van der Waals surface area contributed by atoms with E-state index in [0.29, 0.717) is 24.4 Å². The number of aromatic nitrogens is 2. The number of aliphatic hydroxyl groups excluding tert-OH is 1. The largest absolute Gasteiger partial charge is 0.474 e. The average molecular weight is 531 g/mol. The number of nitrogens with one attached hydrogen (secondary N) is 1. The molecule has 3 aromatic rings. The minimum atomic E-state index is -3.92. The molecule has 0 aliphatic carbocycles. The van der Waals surface area contributed by atoms with Crippen molar-refractivity contribution in [3.05, 3.63) is 48.2 Å². The zero-order chi connectivity index (χ0) is 26.6. The lowest BCUT2D eigenvalue weighted by Crippen LogP contribution is -2.28. The van der Waals surface area contributed by atoms with Crippen LogP contribution >= 0.6 is 0 Å². The van der Waals surface area contributed by atoms with E-state index >= 15 is 0 Å². The van der Waals surface area contributed by atoms with Crippen molar-refractivity contribution in [1.29, 1.82) is 5.26 Å². The fraction of sp³-hybridized carbons (Fsp3) is 0.440. The van der Waals surface area contributed by atoms with E-state index < -0.39 is 30.1 Å². The van der Waals surface area contributed by atoms with Crippen molar-refractivity contribution in [2.24, 2.45) is 5.41 Å². The highest BCUT2D eigenvalue weighted by Gasteiger charge is 2.26. The lowest BCUT2D eigenvalue weighted by atomic mass is 9.96. The molecular weight excluding hydrogens is 496 g/mol. The molecule has 1 atom stereocenters. The number of anilines is 1. The zero-order valence-corrected chi connectivity index (χ0v) is 23.2. The van der Waals surface area contributed by atoms with Crippen LogP contribution in [0.15, 0.2) is 47.5 Å². The zero-order valence-electron chi connectivity index (χ0n) is 21.4. The van der Waals surface area contributed by atoms with Crippen LogP contribution in [0, 0.1) is 23.7 Å². The molecule has 0 saturated carbocycles. The first-order valence-corrected chi connectivity index (χ1v) is 16.9. The van der Waals surface area contributed by atoms with Gasteiger partial charge in [0.15, 0.2) is 0 Å². The second-order valence-electron chi connectivity index (χ2n) is 10.4. The molecule has 0 fully saturated rings. The van der Waals surface area contributed by atoms with E-state index in [0.717, 1.165) is 11.6 Å². The molecule has 2 N–H and O–H groups in total. The summed E-state index contributed by atoms with van der Waals surface area (Å²) >= 11 is 0. The lowest BCUT2D eigenvalue weighted by molar-refractivity contribution is 0.0897. The summed E-state index contributed by atoms with van der Waals surface area (Å²) < 4.78 is 42.2. The molecule has 194 valence electrons. The summed E-state index contributed by atoms with van der Waals surface area (Å²) in [6.45, 7) is 10.6. The van der Waals surface area contributed by atoms with E-state index in [-0.39, 0.29) is 23.1 Å². The molecule has 1 aromatic carbocycles. The molecule has 0 spiro atoms. The molecule has 0 amide bonds. The Labute approximate surface area is 213 Å². The Morgan fingerprint density at radius 2 is 1.92 bits per heavy atom.